The van der Waals surface area contributed by atoms with E-state index in [9.17, 15) is 18.0 Å². The standard InChI is InChI=1S/C27H37N3O5S/c1-5-23(27(32)28-22-13-9-10-14-22)29(18-21-11-7-6-8-12-21)26(31)19-30(36(4,33)34)24-17-20(2)15-16-25(24)35-3/h6-8,11-12,15-17,22-23H,5,9-10,13-14,18-19H2,1-4H3,(H,28,32)/t23-/m0/s1. The number of aryl methyl sites for hydroxylation is 1. The summed E-state index contributed by atoms with van der Waals surface area (Å²) in [5, 5.41) is 3.11. The van der Waals surface area contributed by atoms with Crippen molar-refractivity contribution in [2.45, 2.75) is 64.6 Å². The van der Waals surface area contributed by atoms with Gasteiger partial charge in [-0.2, -0.15) is 0 Å². The molecule has 0 bridgehead atoms. The van der Waals surface area contributed by atoms with Crippen molar-refractivity contribution < 1.29 is 22.7 Å². The quantitative estimate of drug-likeness (QED) is 0.493. The van der Waals surface area contributed by atoms with Crippen molar-refractivity contribution in [3.63, 3.8) is 0 Å². The fraction of sp³-hybridized carbons (Fsp3) is 0.481. The second kappa shape index (κ2) is 12.3. The summed E-state index contributed by atoms with van der Waals surface area (Å²) in [5.41, 5.74) is 1.98. The fourth-order valence-electron chi connectivity index (χ4n) is 4.66. The molecule has 0 unspecified atom stereocenters. The van der Waals surface area contributed by atoms with Crippen LogP contribution in [0.3, 0.4) is 0 Å². The number of carbonyl (C=O) groups excluding carboxylic acids is 2. The van der Waals surface area contributed by atoms with Gasteiger partial charge in [0.05, 0.1) is 19.1 Å². The molecule has 1 atom stereocenters. The van der Waals surface area contributed by atoms with Crippen molar-refractivity contribution in [1.82, 2.24) is 10.2 Å². The highest BCUT2D eigenvalue weighted by atomic mass is 32.2. The number of hydrogen-bond donors (Lipinski definition) is 1. The zero-order valence-electron chi connectivity index (χ0n) is 21.6. The van der Waals surface area contributed by atoms with Gasteiger partial charge in [-0.3, -0.25) is 13.9 Å². The highest BCUT2D eigenvalue weighted by Gasteiger charge is 2.33. The van der Waals surface area contributed by atoms with Crippen LogP contribution in [0.25, 0.3) is 0 Å². The summed E-state index contributed by atoms with van der Waals surface area (Å²) in [7, 11) is -2.38. The number of benzene rings is 2. The third-order valence-corrected chi connectivity index (χ3v) is 7.69. The van der Waals surface area contributed by atoms with Crippen molar-refractivity contribution in [3.05, 3.63) is 59.7 Å². The molecule has 0 heterocycles. The maximum Gasteiger partial charge on any atom is 0.244 e. The van der Waals surface area contributed by atoms with Crippen molar-refractivity contribution in [2.75, 3.05) is 24.2 Å². The average molecular weight is 516 g/mol. The average Bonchev–Trinajstić information content (AvgIpc) is 3.35. The number of sulfonamides is 1. The first-order valence-corrected chi connectivity index (χ1v) is 14.2. The van der Waals surface area contributed by atoms with Crippen LogP contribution in [0.2, 0.25) is 0 Å². The van der Waals surface area contributed by atoms with Crippen LogP contribution in [0.4, 0.5) is 5.69 Å². The predicted molar refractivity (Wildman–Crippen MR) is 141 cm³/mol. The first-order valence-electron chi connectivity index (χ1n) is 12.4. The van der Waals surface area contributed by atoms with E-state index < -0.39 is 28.5 Å². The fourth-order valence-corrected chi connectivity index (χ4v) is 5.50. The molecule has 3 rings (SSSR count). The monoisotopic (exact) mass is 515 g/mol. The lowest BCUT2D eigenvalue weighted by Crippen LogP contribution is -2.53. The van der Waals surface area contributed by atoms with E-state index in [0.29, 0.717) is 12.2 Å². The third kappa shape index (κ3) is 7.00. The minimum absolute atomic E-state index is 0.115. The number of hydrogen-bond acceptors (Lipinski definition) is 5. The molecule has 1 saturated carbocycles. The Morgan fingerprint density at radius 1 is 1.11 bits per heavy atom. The van der Waals surface area contributed by atoms with Gasteiger partial charge in [-0.15, -0.1) is 0 Å². The van der Waals surface area contributed by atoms with Gasteiger partial charge in [0.2, 0.25) is 21.8 Å². The Balaban J connectivity index is 1.95. The Bertz CT molecular complexity index is 1150. The maximum atomic E-state index is 13.8. The molecule has 0 aromatic heterocycles. The van der Waals surface area contributed by atoms with Crippen molar-refractivity contribution in [3.8, 4) is 5.75 Å². The minimum Gasteiger partial charge on any atom is -0.495 e. The molecule has 1 fully saturated rings. The summed E-state index contributed by atoms with van der Waals surface area (Å²) in [6.07, 6.45) is 5.50. The van der Waals surface area contributed by atoms with Crippen LogP contribution in [0.15, 0.2) is 48.5 Å². The summed E-state index contributed by atoms with van der Waals surface area (Å²) in [4.78, 5) is 28.6. The molecule has 0 aliphatic heterocycles. The molecule has 1 aliphatic rings. The second-order valence-corrected chi connectivity index (χ2v) is 11.3. The molecule has 9 heteroatoms. The van der Waals surface area contributed by atoms with E-state index in [1.165, 1.54) is 12.0 Å². The molecule has 0 radical (unpaired) electrons. The number of ether oxygens (including phenoxy) is 1. The molecule has 196 valence electrons. The van der Waals surface area contributed by atoms with Crippen LogP contribution < -0.4 is 14.4 Å². The summed E-state index contributed by atoms with van der Waals surface area (Å²) in [6.45, 7) is 3.45. The van der Waals surface area contributed by atoms with Gasteiger partial charge in [0.1, 0.15) is 18.3 Å². The Morgan fingerprint density at radius 2 is 1.78 bits per heavy atom. The maximum absolute atomic E-state index is 13.8. The molecule has 2 aromatic rings. The van der Waals surface area contributed by atoms with Gasteiger partial charge < -0.3 is 15.0 Å². The SMILES string of the molecule is CC[C@@H](C(=O)NC1CCCC1)N(Cc1ccccc1)C(=O)CN(c1cc(C)ccc1OC)S(C)(=O)=O. The van der Waals surface area contributed by atoms with Crippen LogP contribution in [0.5, 0.6) is 5.75 Å². The molecular weight excluding hydrogens is 478 g/mol. The van der Waals surface area contributed by atoms with Crippen LogP contribution in [-0.2, 0) is 26.2 Å². The first-order chi connectivity index (χ1) is 17.1. The van der Waals surface area contributed by atoms with Gasteiger partial charge in [0.25, 0.3) is 0 Å². The molecule has 0 spiro atoms. The molecule has 2 aromatic carbocycles. The molecular formula is C27H37N3O5S. The molecule has 1 aliphatic carbocycles. The van der Waals surface area contributed by atoms with Gasteiger partial charge in [0.15, 0.2) is 0 Å². The van der Waals surface area contributed by atoms with Crippen LogP contribution in [-0.4, -0.2) is 57.1 Å². The molecule has 36 heavy (non-hydrogen) atoms. The second-order valence-electron chi connectivity index (χ2n) is 9.37. The number of amides is 2. The van der Waals surface area contributed by atoms with E-state index >= 15 is 0 Å². The Morgan fingerprint density at radius 3 is 2.36 bits per heavy atom. The van der Waals surface area contributed by atoms with Crippen molar-refractivity contribution >= 4 is 27.5 Å². The van der Waals surface area contributed by atoms with E-state index in [1.807, 2.05) is 50.2 Å². The minimum atomic E-state index is -3.83. The normalized spacial score (nSPS) is 14.8. The third-order valence-electron chi connectivity index (χ3n) is 6.57. The molecule has 0 saturated heterocycles. The van der Waals surface area contributed by atoms with Gasteiger partial charge in [0, 0.05) is 12.6 Å². The van der Waals surface area contributed by atoms with Gasteiger partial charge in [-0.25, -0.2) is 8.42 Å². The summed E-state index contributed by atoms with van der Waals surface area (Å²) < 4.78 is 32.2. The topological polar surface area (TPSA) is 96.0 Å². The number of methoxy groups -OCH3 is 1. The number of nitrogens with zero attached hydrogens (tertiary/aromatic N) is 2. The first kappa shape index (κ1) is 27.5. The van der Waals surface area contributed by atoms with Crippen LogP contribution >= 0.6 is 0 Å². The van der Waals surface area contributed by atoms with E-state index in [2.05, 4.69) is 5.32 Å². The van der Waals surface area contributed by atoms with Crippen molar-refractivity contribution in [2.24, 2.45) is 0 Å². The van der Waals surface area contributed by atoms with Crippen molar-refractivity contribution in [1.29, 1.82) is 0 Å². The largest absolute Gasteiger partial charge is 0.495 e. The Hall–Kier alpha value is -3.07. The smallest absolute Gasteiger partial charge is 0.244 e. The zero-order chi connectivity index (χ0) is 26.3. The van der Waals surface area contributed by atoms with E-state index in [-0.39, 0.29) is 24.2 Å². The van der Waals surface area contributed by atoms with E-state index in [0.717, 1.165) is 47.4 Å². The molecule has 2 amide bonds. The highest BCUT2D eigenvalue weighted by Crippen LogP contribution is 2.31. The summed E-state index contributed by atoms with van der Waals surface area (Å²) in [5.74, 6) is -0.312. The summed E-state index contributed by atoms with van der Waals surface area (Å²) in [6, 6.07) is 14.0. The lowest BCUT2D eigenvalue weighted by Gasteiger charge is -2.33. The van der Waals surface area contributed by atoms with Crippen LogP contribution in [0, 0.1) is 6.92 Å². The lowest BCUT2D eigenvalue weighted by atomic mass is 10.1. The molecule has 1 N–H and O–H groups in total. The van der Waals surface area contributed by atoms with Gasteiger partial charge >= 0.3 is 0 Å². The highest BCUT2D eigenvalue weighted by molar-refractivity contribution is 7.92. The van der Waals surface area contributed by atoms with Gasteiger partial charge in [-0.05, 0) is 49.4 Å². The number of rotatable bonds is 11. The number of anilines is 1. The van der Waals surface area contributed by atoms with E-state index in [1.54, 1.807) is 12.1 Å². The zero-order valence-corrected chi connectivity index (χ0v) is 22.4. The van der Waals surface area contributed by atoms with Gasteiger partial charge in [-0.1, -0.05) is 56.2 Å². The number of nitrogens with one attached hydrogen (secondary N) is 1. The van der Waals surface area contributed by atoms with Crippen LogP contribution in [0.1, 0.15) is 50.2 Å². The van der Waals surface area contributed by atoms with E-state index in [4.69, 9.17) is 4.74 Å². The molecule has 8 nitrogen and oxygen atoms in total. The Kier molecular flexibility index (Phi) is 9.37. The predicted octanol–water partition coefficient (Wildman–Crippen LogP) is 3.64. The number of carbonyl (C=O) groups is 2. The Labute approximate surface area is 214 Å². The lowest BCUT2D eigenvalue weighted by molar-refractivity contribution is -0.140. The summed E-state index contributed by atoms with van der Waals surface area (Å²) >= 11 is 0.